The third kappa shape index (κ3) is 2.78. The van der Waals surface area contributed by atoms with Gasteiger partial charge in [0.05, 0.1) is 35.3 Å². The minimum atomic E-state index is -0.386. The van der Waals surface area contributed by atoms with Crippen molar-refractivity contribution in [3.63, 3.8) is 0 Å². The highest BCUT2D eigenvalue weighted by molar-refractivity contribution is 6.61. The number of rotatable bonds is 3. The lowest BCUT2D eigenvalue weighted by molar-refractivity contribution is 0.00578. The fourth-order valence-corrected chi connectivity index (χ4v) is 2.23. The molecule has 2 aromatic rings. The molecule has 1 saturated heterocycles. The monoisotopic (exact) mass is 300 g/mol. The van der Waals surface area contributed by atoms with Gasteiger partial charge in [-0.05, 0) is 34.6 Å². The fourth-order valence-electron chi connectivity index (χ4n) is 2.23. The van der Waals surface area contributed by atoms with E-state index in [9.17, 15) is 0 Å². The van der Waals surface area contributed by atoms with Gasteiger partial charge in [-0.3, -0.25) is 14.6 Å². The zero-order chi connectivity index (χ0) is 16.0. The maximum absolute atomic E-state index is 6.03. The number of hydrogen-bond acceptors (Lipinski definition) is 5. The van der Waals surface area contributed by atoms with Gasteiger partial charge in [-0.15, -0.1) is 0 Å². The first-order valence-corrected chi connectivity index (χ1v) is 7.42. The van der Waals surface area contributed by atoms with Gasteiger partial charge < -0.3 is 9.31 Å². The van der Waals surface area contributed by atoms with E-state index in [4.69, 9.17) is 9.31 Å². The Kier molecular flexibility index (Phi) is 3.57. The Bertz CT molecular complexity index is 650. The predicted octanol–water partition coefficient (Wildman–Crippen LogP) is 1.33. The summed E-state index contributed by atoms with van der Waals surface area (Å²) in [4.78, 5) is 8.59. The Hall–Kier alpha value is -1.73. The van der Waals surface area contributed by atoms with E-state index in [1.165, 1.54) is 0 Å². The van der Waals surface area contributed by atoms with Crippen LogP contribution in [-0.4, -0.2) is 38.1 Å². The normalized spacial score (nSPS) is 19.6. The van der Waals surface area contributed by atoms with Gasteiger partial charge in [0.25, 0.3) is 0 Å². The molecule has 0 N–H and O–H groups in total. The minimum absolute atomic E-state index is 0.345. The van der Waals surface area contributed by atoms with Gasteiger partial charge >= 0.3 is 7.12 Å². The van der Waals surface area contributed by atoms with Gasteiger partial charge in [-0.2, -0.15) is 5.10 Å². The molecule has 3 heterocycles. The van der Waals surface area contributed by atoms with E-state index < -0.39 is 0 Å². The van der Waals surface area contributed by atoms with E-state index in [1.807, 2.05) is 45.5 Å². The van der Waals surface area contributed by atoms with E-state index in [-0.39, 0.29) is 18.3 Å². The lowest BCUT2D eigenvalue weighted by Crippen LogP contribution is -2.41. The molecule has 0 aliphatic carbocycles. The smallest absolute Gasteiger partial charge is 0.399 e. The molecule has 116 valence electrons. The first kappa shape index (κ1) is 15.2. The van der Waals surface area contributed by atoms with E-state index in [0.717, 1.165) is 16.9 Å². The van der Waals surface area contributed by atoms with Crippen molar-refractivity contribution in [3.05, 3.63) is 36.2 Å². The molecule has 2 aromatic heterocycles. The summed E-state index contributed by atoms with van der Waals surface area (Å²) in [6.07, 6.45) is 7.24. The Labute approximate surface area is 131 Å². The molecule has 0 atom stereocenters. The van der Waals surface area contributed by atoms with Gasteiger partial charge in [0.2, 0.25) is 0 Å². The molecule has 0 radical (unpaired) electrons. The SMILES string of the molecule is Cc1cnc(Cn2cc(B3OC(C)(C)C(C)(C)O3)cn2)cn1. The summed E-state index contributed by atoms with van der Waals surface area (Å²) in [5, 5.41) is 4.36. The van der Waals surface area contributed by atoms with Crippen LogP contribution in [0.4, 0.5) is 0 Å². The van der Waals surface area contributed by atoms with Crippen molar-refractivity contribution in [3.8, 4) is 0 Å². The molecule has 6 nitrogen and oxygen atoms in total. The van der Waals surface area contributed by atoms with Crippen molar-refractivity contribution in [1.82, 2.24) is 19.7 Å². The maximum atomic E-state index is 6.03. The summed E-state index contributed by atoms with van der Waals surface area (Å²) < 4.78 is 13.9. The molecule has 0 aromatic carbocycles. The number of nitrogens with zero attached hydrogens (tertiary/aromatic N) is 4. The summed E-state index contributed by atoms with van der Waals surface area (Å²) in [5.74, 6) is 0. The molecule has 0 unspecified atom stereocenters. The predicted molar refractivity (Wildman–Crippen MR) is 83.8 cm³/mol. The second-order valence-electron chi connectivity index (χ2n) is 6.71. The standard InChI is InChI=1S/C15H21BN4O2/c1-11-6-18-13(8-17-11)10-20-9-12(7-19-20)16-21-14(2,3)15(4,5)22-16/h6-9H,10H2,1-5H3. The summed E-state index contributed by atoms with van der Waals surface area (Å²) >= 11 is 0. The molecule has 7 heteroatoms. The average molecular weight is 300 g/mol. The molecule has 1 fully saturated rings. The van der Waals surface area contributed by atoms with Gasteiger partial charge in [0.1, 0.15) is 0 Å². The zero-order valence-electron chi connectivity index (χ0n) is 13.7. The summed E-state index contributed by atoms with van der Waals surface area (Å²) in [5.41, 5.74) is 2.00. The van der Waals surface area contributed by atoms with Crippen molar-refractivity contribution in [1.29, 1.82) is 0 Å². The van der Waals surface area contributed by atoms with Crippen molar-refractivity contribution in [2.24, 2.45) is 0 Å². The van der Waals surface area contributed by atoms with E-state index >= 15 is 0 Å². The van der Waals surface area contributed by atoms with Gasteiger partial charge in [0, 0.05) is 24.1 Å². The molecule has 1 aliphatic heterocycles. The molecular formula is C15H21BN4O2. The summed E-state index contributed by atoms with van der Waals surface area (Å²) in [6, 6.07) is 0. The van der Waals surface area contributed by atoms with Crippen LogP contribution in [0.1, 0.15) is 39.1 Å². The maximum Gasteiger partial charge on any atom is 0.498 e. The van der Waals surface area contributed by atoms with Crippen LogP contribution in [0.25, 0.3) is 0 Å². The van der Waals surface area contributed by atoms with E-state index in [1.54, 1.807) is 18.6 Å². The lowest BCUT2D eigenvalue weighted by Gasteiger charge is -2.32. The molecule has 0 spiro atoms. The van der Waals surface area contributed by atoms with Crippen LogP contribution < -0.4 is 5.46 Å². The van der Waals surface area contributed by atoms with Crippen LogP contribution in [0.3, 0.4) is 0 Å². The average Bonchev–Trinajstić information content (AvgIpc) is 2.96. The highest BCUT2D eigenvalue weighted by Gasteiger charge is 2.52. The first-order chi connectivity index (χ1) is 10.3. The second-order valence-corrected chi connectivity index (χ2v) is 6.71. The van der Waals surface area contributed by atoms with Crippen LogP contribution in [0, 0.1) is 6.92 Å². The molecule has 0 amide bonds. The molecule has 1 aliphatic rings. The van der Waals surface area contributed by atoms with E-state index in [0.29, 0.717) is 6.54 Å². The topological polar surface area (TPSA) is 62.1 Å². The van der Waals surface area contributed by atoms with Gasteiger partial charge in [-0.25, -0.2) is 0 Å². The van der Waals surface area contributed by atoms with E-state index in [2.05, 4.69) is 15.1 Å². The summed E-state index contributed by atoms with van der Waals surface area (Å²) in [6.45, 7) is 10.7. The minimum Gasteiger partial charge on any atom is -0.399 e. The molecule has 0 saturated carbocycles. The molecule has 22 heavy (non-hydrogen) atoms. The lowest BCUT2D eigenvalue weighted by atomic mass is 9.82. The van der Waals surface area contributed by atoms with Crippen molar-refractivity contribution < 1.29 is 9.31 Å². The molecular weight excluding hydrogens is 279 g/mol. The van der Waals surface area contributed by atoms with Crippen molar-refractivity contribution in [2.45, 2.75) is 52.4 Å². The largest absolute Gasteiger partial charge is 0.498 e. The Morgan fingerprint density at radius 2 is 1.73 bits per heavy atom. The highest BCUT2D eigenvalue weighted by atomic mass is 16.7. The van der Waals surface area contributed by atoms with Gasteiger partial charge in [-0.1, -0.05) is 0 Å². The second kappa shape index (κ2) is 5.17. The Balaban J connectivity index is 1.73. The fraction of sp³-hybridized carbons (Fsp3) is 0.533. The quantitative estimate of drug-likeness (QED) is 0.800. The van der Waals surface area contributed by atoms with Crippen LogP contribution in [0.5, 0.6) is 0 Å². The third-order valence-corrected chi connectivity index (χ3v) is 4.34. The highest BCUT2D eigenvalue weighted by Crippen LogP contribution is 2.36. The Morgan fingerprint density at radius 1 is 1.05 bits per heavy atom. The third-order valence-electron chi connectivity index (χ3n) is 4.34. The molecule has 3 rings (SSSR count). The van der Waals surface area contributed by atoms with Crippen molar-refractivity contribution >= 4 is 12.6 Å². The zero-order valence-corrected chi connectivity index (χ0v) is 13.7. The number of aromatic nitrogens is 4. The first-order valence-electron chi connectivity index (χ1n) is 7.42. The van der Waals surface area contributed by atoms with Crippen LogP contribution in [0.15, 0.2) is 24.8 Å². The molecule has 0 bridgehead atoms. The van der Waals surface area contributed by atoms with Crippen LogP contribution in [0.2, 0.25) is 0 Å². The summed E-state index contributed by atoms with van der Waals surface area (Å²) in [7, 11) is -0.386. The Morgan fingerprint density at radius 3 is 2.32 bits per heavy atom. The van der Waals surface area contributed by atoms with Crippen LogP contribution in [-0.2, 0) is 15.9 Å². The number of aryl methyl sites for hydroxylation is 1. The van der Waals surface area contributed by atoms with Crippen LogP contribution >= 0.6 is 0 Å². The number of hydrogen-bond donors (Lipinski definition) is 0. The van der Waals surface area contributed by atoms with Gasteiger partial charge in [0.15, 0.2) is 0 Å². The van der Waals surface area contributed by atoms with Crippen molar-refractivity contribution in [2.75, 3.05) is 0 Å².